The van der Waals surface area contributed by atoms with Gasteiger partial charge in [-0.3, -0.25) is 14.5 Å². The Labute approximate surface area is 192 Å². The number of fused-ring (bicyclic) bond motifs is 2. The Morgan fingerprint density at radius 3 is 2.94 bits per heavy atom. The lowest BCUT2D eigenvalue weighted by molar-refractivity contribution is -0.137. The monoisotopic (exact) mass is 450 g/mol. The topological polar surface area (TPSA) is 86.9 Å². The van der Waals surface area contributed by atoms with Gasteiger partial charge in [0.05, 0.1) is 37.7 Å². The van der Waals surface area contributed by atoms with Crippen LogP contribution in [0, 0.1) is 11.8 Å². The number of carbonyl (C=O) groups is 2. The first kappa shape index (κ1) is 20.9. The zero-order valence-corrected chi connectivity index (χ0v) is 18.7. The number of carbonyl (C=O) groups excluding carboxylic acids is 2. The number of aromatic nitrogens is 1. The van der Waals surface area contributed by atoms with Gasteiger partial charge in [0.15, 0.2) is 0 Å². The lowest BCUT2D eigenvalue weighted by atomic mass is 9.77. The summed E-state index contributed by atoms with van der Waals surface area (Å²) in [5.74, 6) is -0.921. The van der Waals surface area contributed by atoms with Gasteiger partial charge in [-0.15, -0.1) is 0 Å². The van der Waals surface area contributed by atoms with Crippen molar-refractivity contribution in [3.05, 3.63) is 48.2 Å². The standard InChI is InChI=1S/C25H30N4O4/c30-23(26-8-10-28-11-13-32-14-12-28)21-20-5-7-25(33-20)16-29(24(31)22(21)25)9-6-17-15-27-19-4-2-1-3-18(17)19/h1-5,7,15,20-22,27H,6,8-14,16H2,(H,26,30)/t20-,21?,22?,25+/m0/s1. The summed E-state index contributed by atoms with van der Waals surface area (Å²) >= 11 is 0. The molecule has 3 fully saturated rings. The molecule has 0 aliphatic carbocycles. The number of rotatable bonds is 7. The van der Waals surface area contributed by atoms with Gasteiger partial charge >= 0.3 is 0 Å². The van der Waals surface area contributed by atoms with Gasteiger partial charge < -0.3 is 24.7 Å². The Morgan fingerprint density at radius 1 is 1.21 bits per heavy atom. The van der Waals surface area contributed by atoms with E-state index in [2.05, 4.69) is 27.3 Å². The van der Waals surface area contributed by atoms with Crippen molar-refractivity contribution < 1.29 is 19.1 Å². The summed E-state index contributed by atoms with van der Waals surface area (Å²) in [5.41, 5.74) is 1.65. The number of morpholine rings is 1. The highest BCUT2D eigenvalue weighted by atomic mass is 16.5. The van der Waals surface area contributed by atoms with Crippen LogP contribution in [-0.4, -0.2) is 90.8 Å². The predicted octanol–water partition coefficient (Wildman–Crippen LogP) is 0.941. The number of amides is 2. The van der Waals surface area contributed by atoms with E-state index in [-0.39, 0.29) is 17.9 Å². The molecule has 8 heteroatoms. The molecule has 4 aliphatic heterocycles. The van der Waals surface area contributed by atoms with Crippen molar-refractivity contribution in [2.24, 2.45) is 11.8 Å². The quantitative estimate of drug-likeness (QED) is 0.614. The molecule has 0 saturated carbocycles. The number of nitrogens with one attached hydrogen (secondary N) is 2. The summed E-state index contributed by atoms with van der Waals surface area (Å²) in [6.07, 6.45) is 6.47. The summed E-state index contributed by atoms with van der Waals surface area (Å²) in [6, 6.07) is 8.21. The average molecular weight is 451 g/mol. The summed E-state index contributed by atoms with van der Waals surface area (Å²) in [7, 11) is 0. The molecule has 4 atom stereocenters. The second kappa shape index (κ2) is 8.27. The van der Waals surface area contributed by atoms with Crippen molar-refractivity contribution in [1.82, 2.24) is 20.1 Å². The molecule has 2 amide bonds. The molecule has 2 unspecified atom stereocenters. The van der Waals surface area contributed by atoms with E-state index in [9.17, 15) is 9.59 Å². The average Bonchev–Trinajstić information content (AvgIpc) is 3.58. The molecule has 174 valence electrons. The molecule has 4 aliphatic rings. The van der Waals surface area contributed by atoms with Crippen molar-refractivity contribution in [2.45, 2.75) is 18.1 Å². The third-order valence-electron chi connectivity index (χ3n) is 7.64. The molecule has 33 heavy (non-hydrogen) atoms. The minimum Gasteiger partial charge on any atom is -0.379 e. The Kier molecular flexibility index (Phi) is 5.24. The summed E-state index contributed by atoms with van der Waals surface area (Å²) in [5, 5.41) is 4.26. The molecular weight excluding hydrogens is 420 g/mol. The fourth-order valence-electron chi connectivity index (χ4n) is 5.94. The maximum Gasteiger partial charge on any atom is 0.230 e. The molecule has 3 saturated heterocycles. The Balaban J connectivity index is 1.10. The smallest absolute Gasteiger partial charge is 0.230 e. The number of aromatic amines is 1. The fraction of sp³-hybridized carbons (Fsp3) is 0.520. The Morgan fingerprint density at radius 2 is 2.06 bits per heavy atom. The van der Waals surface area contributed by atoms with Crippen LogP contribution >= 0.6 is 0 Å². The number of H-pyrrole nitrogens is 1. The Bertz CT molecular complexity index is 1090. The lowest BCUT2D eigenvalue weighted by Crippen LogP contribution is -2.47. The molecule has 6 rings (SSSR count). The zero-order chi connectivity index (χ0) is 22.4. The van der Waals surface area contributed by atoms with E-state index in [0.29, 0.717) is 19.6 Å². The molecule has 2 aromatic rings. The van der Waals surface area contributed by atoms with Crippen molar-refractivity contribution in [1.29, 1.82) is 0 Å². The number of likely N-dealkylation sites (tertiary alicyclic amines) is 1. The van der Waals surface area contributed by atoms with E-state index >= 15 is 0 Å². The van der Waals surface area contributed by atoms with Gasteiger partial charge in [0, 0.05) is 49.8 Å². The van der Waals surface area contributed by atoms with E-state index in [1.165, 1.54) is 10.9 Å². The fourth-order valence-corrected chi connectivity index (χ4v) is 5.94. The maximum absolute atomic E-state index is 13.4. The third-order valence-corrected chi connectivity index (χ3v) is 7.64. The van der Waals surface area contributed by atoms with E-state index in [1.807, 2.05) is 35.4 Å². The van der Waals surface area contributed by atoms with Crippen LogP contribution in [0.2, 0.25) is 0 Å². The van der Waals surface area contributed by atoms with Gasteiger partial charge in [-0.2, -0.15) is 0 Å². The minimum atomic E-state index is -0.659. The normalized spacial score (nSPS) is 31.0. The first-order valence-corrected chi connectivity index (χ1v) is 11.9. The number of hydrogen-bond acceptors (Lipinski definition) is 5. The summed E-state index contributed by atoms with van der Waals surface area (Å²) in [6.45, 7) is 5.77. The molecule has 2 N–H and O–H groups in total. The lowest BCUT2D eigenvalue weighted by Gasteiger charge is -2.27. The molecule has 1 spiro atoms. The highest BCUT2D eigenvalue weighted by Gasteiger charge is 2.66. The molecule has 8 nitrogen and oxygen atoms in total. The van der Waals surface area contributed by atoms with Gasteiger partial charge in [-0.05, 0) is 18.1 Å². The highest BCUT2D eigenvalue weighted by molar-refractivity contribution is 5.93. The van der Waals surface area contributed by atoms with Crippen LogP contribution in [0.1, 0.15) is 5.56 Å². The van der Waals surface area contributed by atoms with Crippen LogP contribution in [0.5, 0.6) is 0 Å². The first-order valence-electron chi connectivity index (χ1n) is 11.9. The molecule has 2 bridgehead atoms. The first-order chi connectivity index (χ1) is 16.1. The number of ether oxygens (including phenoxy) is 2. The molecule has 1 aromatic carbocycles. The van der Waals surface area contributed by atoms with Crippen molar-refractivity contribution in [3.63, 3.8) is 0 Å². The van der Waals surface area contributed by atoms with Crippen LogP contribution < -0.4 is 5.32 Å². The van der Waals surface area contributed by atoms with Crippen LogP contribution in [0.25, 0.3) is 10.9 Å². The van der Waals surface area contributed by atoms with Gasteiger partial charge in [-0.1, -0.05) is 30.4 Å². The van der Waals surface area contributed by atoms with Crippen molar-refractivity contribution >= 4 is 22.7 Å². The van der Waals surface area contributed by atoms with Gasteiger partial charge in [-0.25, -0.2) is 0 Å². The van der Waals surface area contributed by atoms with E-state index in [4.69, 9.17) is 9.47 Å². The summed E-state index contributed by atoms with van der Waals surface area (Å²) < 4.78 is 11.6. The van der Waals surface area contributed by atoms with Gasteiger partial charge in [0.25, 0.3) is 0 Å². The van der Waals surface area contributed by atoms with E-state index in [0.717, 1.165) is 44.8 Å². The van der Waals surface area contributed by atoms with Crippen LogP contribution in [0.4, 0.5) is 0 Å². The maximum atomic E-state index is 13.4. The third kappa shape index (κ3) is 3.57. The van der Waals surface area contributed by atoms with Gasteiger partial charge in [0.2, 0.25) is 11.8 Å². The number of nitrogens with zero attached hydrogens (tertiary/aromatic N) is 2. The second-order valence-electron chi connectivity index (χ2n) is 9.51. The van der Waals surface area contributed by atoms with E-state index in [1.54, 1.807) is 0 Å². The van der Waals surface area contributed by atoms with Crippen LogP contribution in [-0.2, 0) is 25.5 Å². The van der Waals surface area contributed by atoms with Gasteiger partial charge in [0.1, 0.15) is 5.60 Å². The highest BCUT2D eigenvalue weighted by Crippen LogP contribution is 2.51. The summed E-state index contributed by atoms with van der Waals surface area (Å²) in [4.78, 5) is 34.0. The molecule has 5 heterocycles. The van der Waals surface area contributed by atoms with Crippen LogP contribution in [0.3, 0.4) is 0 Å². The predicted molar refractivity (Wildman–Crippen MR) is 123 cm³/mol. The van der Waals surface area contributed by atoms with E-state index < -0.39 is 17.4 Å². The second-order valence-corrected chi connectivity index (χ2v) is 9.51. The molecule has 1 aromatic heterocycles. The minimum absolute atomic E-state index is 0.0371. The number of para-hydroxylation sites is 1. The molecule has 0 radical (unpaired) electrons. The Hall–Kier alpha value is -2.68. The number of hydrogen-bond donors (Lipinski definition) is 2. The van der Waals surface area contributed by atoms with Crippen molar-refractivity contribution in [3.8, 4) is 0 Å². The SMILES string of the molecule is O=C(NCCN1CCOCC1)C1C2C(=O)N(CCc3c[nH]c4ccccc34)C[C@]23C=C[C@@H]1O3. The zero-order valence-electron chi connectivity index (χ0n) is 18.7. The van der Waals surface area contributed by atoms with Crippen molar-refractivity contribution in [2.75, 3.05) is 52.5 Å². The largest absolute Gasteiger partial charge is 0.379 e. The molecular formula is C25H30N4O4. The van der Waals surface area contributed by atoms with Crippen LogP contribution in [0.15, 0.2) is 42.6 Å². The number of benzene rings is 1.